The molecule has 4 rings (SSSR count). The monoisotopic (exact) mass is 672 g/mol. The molecule has 268 valence electrons. The molecule has 2 aliphatic rings. The van der Waals surface area contributed by atoms with E-state index >= 15 is 0 Å². The highest BCUT2D eigenvalue weighted by Gasteiger charge is 2.31. The Morgan fingerprint density at radius 1 is 0.776 bits per heavy atom. The van der Waals surface area contributed by atoms with Crippen LogP contribution in [-0.2, 0) is 25.5 Å². The lowest BCUT2D eigenvalue weighted by Crippen LogP contribution is -2.26. The number of ether oxygens (including phenoxy) is 2. The van der Waals surface area contributed by atoms with Gasteiger partial charge in [0.2, 0.25) is 0 Å². The quantitative estimate of drug-likeness (QED) is 0.0933. The number of hydrogen-bond acceptors (Lipinski definition) is 6. The van der Waals surface area contributed by atoms with Gasteiger partial charge in [-0.2, -0.15) is 0 Å². The number of aryl methyl sites for hydroxylation is 2. The van der Waals surface area contributed by atoms with E-state index in [4.69, 9.17) is 19.7 Å². The van der Waals surface area contributed by atoms with Crippen LogP contribution < -0.4 is 0 Å². The number of benzene rings is 2. The zero-order valence-corrected chi connectivity index (χ0v) is 30.1. The molecule has 0 atom stereocenters. The number of hydrogen-bond donors (Lipinski definition) is 2. The van der Waals surface area contributed by atoms with Crippen molar-refractivity contribution < 1.29 is 29.3 Å². The van der Waals surface area contributed by atoms with Crippen molar-refractivity contribution >= 4 is 11.9 Å². The molecule has 6 nitrogen and oxygen atoms in total. The highest BCUT2D eigenvalue weighted by molar-refractivity contribution is 5.88. The van der Waals surface area contributed by atoms with Crippen LogP contribution in [0, 0.1) is 30.6 Å². The number of carbonyl (C=O) groups excluding carboxylic acids is 2. The predicted octanol–water partition coefficient (Wildman–Crippen LogP) is 9.05. The molecule has 2 aromatic carbocycles. The molecule has 0 saturated heterocycles. The first-order valence-corrected chi connectivity index (χ1v) is 18.8. The van der Waals surface area contributed by atoms with Crippen LogP contribution in [0.1, 0.15) is 113 Å². The summed E-state index contributed by atoms with van der Waals surface area (Å²) in [5.74, 6) is 1.45. The standard InChI is InChI=1S/C43H60O6/c1-5-6-7-8-35-15-24-41(25-30(35)2)40-22-20-39(21-23-40)38-18-16-37(17-19-38)36-13-11-33(12-14-36)9-10-34(28-48-42(46)31(3)26-44)29-49-43(47)32(4)27-45/h15,20-25,33-34,36-38,44-45H,3-14,16-19,26-29H2,1-2H3. The second-order valence-electron chi connectivity index (χ2n) is 14.8. The molecule has 0 spiro atoms. The first kappa shape index (κ1) is 38.6. The smallest absolute Gasteiger partial charge is 0.335 e. The van der Waals surface area contributed by atoms with Gasteiger partial charge in [-0.1, -0.05) is 88.2 Å². The van der Waals surface area contributed by atoms with E-state index in [1.807, 2.05) is 0 Å². The van der Waals surface area contributed by atoms with Crippen molar-refractivity contribution in [1.82, 2.24) is 0 Å². The Hall–Kier alpha value is -3.22. The fourth-order valence-corrected chi connectivity index (χ4v) is 7.95. The summed E-state index contributed by atoms with van der Waals surface area (Å²) >= 11 is 0. The van der Waals surface area contributed by atoms with Gasteiger partial charge in [0.15, 0.2) is 0 Å². The van der Waals surface area contributed by atoms with Gasteiger partial charge in [-0.3, -0.25) is 0 Å². The predicted molar refractivity (Wildman–Crippen MR) is 197 cm³/mol. The Balaban J connectivity index is 1.20. The molecule has 0 heterocycles. The van der Waals surface area contributed by atoms with Crippen LogP contribution in [0.4, 0.5) is 0 Å². The summed E-state index contributed by atoms with van der Waals surface area (Å²) in [6.45, 7) is 10.8. The lowest BCUT2D eigenvalue weighted by Gasteiger charge is -2.38. The second-order valence-corrected chi connectivity index (χ2v) is 14.8. The fourth-order valence-electron chi connectivity index (χ4n) is 7.95. The minimum Gasteiger partial charge on any atom is -0.462 e. The Morgan fingerprint density at radius 2 is 1.33 bits per heavy atom. The van der Waals surface area contributed by atoms with E-state index in [0.29, 0.717) is 11.8 Å². The minimum atomic E-state index is -0.639. The number of carbonyl (C=O) groups is 2. The van der Waals surface area contributed by atoms with E-state index in [1.54, 1.807) is 0 Å². The molecule has 0 radical (unpaired) electrons. The van der Waals surface area contributed by atoms with Crippen LogP contribution in [0.5, 0.6) is 0 Å². The van der Waals surface area contributed by atoms with Crippen molar-refractivity contribution in [3.05, 3.63) is 83.5 Å². The lowest BCUT2D eigenvalue weighted by molar-refractivity contribution is -0.144. The molecule has 6 heteroatoms. The van der Waals surface area contributed by atoms with Crippen LogP contribution in [0.15, 0.2) is 66.8 Å². The number of esters is 2. The summed E-state index contributed by atoms with van der Waals surface area (Å²) < 4.78 is 10.7. The van der Waals surface area contributed by atoms with Gasteiger partial charge in [0.05, 0.1) is 37.6 Å². The van der Waals surface area contributed by atoms with Crippen LogP contribution >= 0.6 is 0 Å². The van der Waals surface area contributed by atoms with Crippen LogP contribution in [0.2, 0.25) is 0 Å². The average Bonchev–Trinajstić information content (AvgIpc) is 3.14. The molecule has 2 aliphatic carbocycles. The van der Waals surface area contributed by atoms with Gasteiger partial charge < -0.3 is 19.7 Å². The van der Waals surface area contributed by atoms with E-state index in [9.17, 15) is 9.59 Å². The molecular weight excluding hydrogens is 612 g/mol. The molecule has 2 aromatic rings. The normalized spacial score (nSPS) is 20.9. The minimum absolute atomic E-state index is 0.000813. The molecule has 0 unspecified atom stereocenters. The molecular formula is C43H60O6. The molecule has 0 amide bonds. The number of rotatable bonds is 18. The SMILES string of the molecule is C=C(CO)C(=O)OCC(CCC1CCC(C2CCC(c3ccc(-c4ccc(CCCCC)c(C)c4)cc3)CC2)CC1)COC(=O)C(=C)CO. The van der Waals surface area contributed by atoms with E-state index in [2.05, 4.69) is 69.5 Å². The highest BCUT2D eigenvalue weighted by Crippen LogP contribution is 2.45. The number of unbranched alkanes of at least 4 members (excludes halogenated alkanes) is 2. The Labute approximate surface area is 295 Å². The largest absolute Gasteiger partial charge is 0.462 e. The fraction of sp³-hybridized carbons (Fsp3) is 0.581. The number of aliphatic hydroxyl groups is 2. The Bertz CT molecular complexity index is 1330. The maximum absolute atomic E-state index is 12.0. The van der Waals surface area contributed by atoms with E-state index in [1.165, 1.54) is 105 Å². The first-order valence-electron chi connectivity index (χ1n) is 18.8. The van der Waals surface area contributed by atoms with Gasteiger partial charge in [-0.05, 0) is 123 Å². The number of aliphatic hydroxyl groups excluding tert-OH is 2. The molecule has 0 bridgehead atoms. The van der Waals surface area contributed by atoms with E-state index < -0.39 is 25.2 Å². The molecule has 49 heavy (non-hydrogen) atoms. The van der Waals surface area contributed by atoms with E-state index in [0.717, 1.165) is 24.7 Å². The Morgan fingerprint density at radius 3 is 1.86 bits per heavy atom. The average molecular weight is 673 g/mol. The van der Waals surface area contributed by atoms with Crippen molar-refractivity contribution in [1.29, 1.82) is 0 Å². The van der Waals surface area contributed by atoms with Crippen molar-refractivity contribution in [2.75, 3.05) is 26.4 Å². The van der Waals surface area contributed by atoms with Crippen molar-refractivity contribution in [2.45, 2.75) is 110 Å². The van der Waals surface area contributed by atoms with Crippen LogP contribution in [-0.4, -0.2) is 48.6 Å². The summed E-state index contributed by atoms with van der Waals surface area (Å²) in [6, 6.07) is 16.4. The summed E-state index contributed by atoms with van der Waals surface area (Å²) in [5, 5.41) is 18.3. The summed E-state index contributed by atoms with van der Waals surface area (Å²) in [5.41, 5.74) is 7.01. The Kier molecular flexibility index (Phi) is 15.6. The third-order valence-electron chi connectivity index (χ3n) is 11.3. The molecule has 0 aliphatic heterocycles. The van der Waals surface area contributed by atoms with Gasteiger partial charge in [-0.15, -0.1) is 0 Å². The maximum Gasteiger partial charge on any atom is 0.335 e. The molecule has 2 N–H and O–H groups in total. The summed E-state index contributed by atoms with van der Waals surface area (Å²) in [6.07, 6.45) is 16.9. The maximum atomic E-state index is 12.0. The third kappa shape index (κ3) is 11.7. The molecule has 0 aromatic heterocycles. The third-order valence-corrected chi connectivity index (χ3v) is 11.3. The van der Waals surface area contributed by atoms with Crippen LogP contribution in [0.25, 0.3) is 11.1 Å². The summed E-state index contributed by atoms with van der Waals surface area (Å²) in [4.78, 5) is 24.1. The van der Waals surface area contributed by atoms with Gasteiger partial charge in [0.25, 0.3) is 0 Å². The van der Waals surface area contributed by atoms with Crippen molar-refractivity contribution in [3.8, 4) is 11.1 Å². The zero-order chi connectivity index (χ0) is 35.2. The lowest BCUT2D eigenvalue weighted by atomic mass is 9.68. The molecule has 2 saturated carbocycles. The first-order chi connectivity index (χ1) is 23.7. The van der Waals surface area contributed by atoms with E-state index in [-0.39, 0.29) is 30.3 Å². The van der Waals surface area contributed by atoms with Crippen molar-refractivity contribution in [3.63, 3.8) is 0 Å². The highest BCUT2D eigenvalue weighted by atomic mass is 16.5. The molecule has 2 fully saturated rings. The zero-order valence-electron chi connectivity index (χ0n) is 30.1. The topological polar surface area (TPSA) is 93.1 Å². The van der Waals surface area contributed by atoms with Crippen molar-refractivity contribution in [2.24, 2.45) is 23.7 Å². The van der Waals surface area contributed by atoms with Gasteiger partial charge in [-0.25, -0.2) is 9.59 Å². The van der Waals surface area contributed by atoms with Gasteiger partial charge in [0, 0.05) is 5.92 Å². The van der Waals surface area contributed by atoms with Crippen LogP contribution in [0.3, 0.4) is 0 Å². The van der Waals surface area contributed by atoms with Gasteiger partial charge in [0.1, 0.15) is 0 Å². The summed E-state index contributed by atoms with van der Waals surface area (Å²) in [7, 11) is 0. The van der Waals surface area contributed by atoms with Gasteiger partial charge >= 0.3 is 11.9 Å². The second kappa shape index (κ2) is 19.8.